The van der Waals surface area contributed by atoms with Gasteiger partial charge in [-0.15, -0.1) is 0 Å². The first-order valence-corrected chi connectivity index (χ1v) is 7.81. The summed E-state index contributed by atoms with van der Waals surface area (Å²) in [4.78, 5) is 27.1. The Morgan fingerprint density at radius 1 is 1.39 bits per heavy atom. The van der Waals surface area contributed by atoms with E-state index in [0.717, 1.165) is 30.6 Å². The normalized spacial score (nSPS) is 18.0. The van der Waals surface area contributed by atoms with Gasteiger partial charge in [-0.2, -0.15) is 0 Å². The summed E-state index contributed by atoms with van der Waals surface area (Å²) in [7, 11) is 0. The molecule has 120 valence electrons. The number of carbonyl (C=O) groups is 1. The van der Waals surface area contributed by atoms with E-state index in [1.165, 1.54) is 0 Å². The summed E-state index contributed by atoms with van der Waals surface area (Å²) in [6.45, 7) is 3.12. The number of carbonyl (C=O) groups excluding carboxylic acids is 1. The Kier molecular flexibility index (Phi) is 4.62. The van der Waals surface area contributed by atoms with Crippen molar-refractivity contribution in [3.05, 3.63) is 53.4 Å². The fourth-order valence-corrected chi connectivity index (χ4v) is 3.05. The van der Waals surface area contributed by atoms with Crippen molar-refractivity contribution in [1.29, 1.82) is 0 Å². The number of aryl methyl sites for hydroxylation is 1. The summed E-state index contributed by atoms with van der Waals surface area (Å²) in [6.07, 6.45) is 6.83. The quantitative estimate of drug-likeness (QED) is 0.933. The van der Waals surface area contributed by atoms with Crippen LogP contribution >= 0.6 is 0 Å². The van der Waals surface area contributed by atoms with Crippen LogP contribution in [0.25, 0.3) is 0 Å². The van der Waals surface area contributed by atoms with Crippen LogP contribution < -0.4 is 0 Å². The zero-order chi connectivity index (χ0) is 16.2. The number of aliphatic hydroxyl groups is 1. The lowest BCUT2D eigenvalue weighted by Crippen LogP contribution is -2.39. The average molecular weight is 312 g/mol. The predicted octanol–water partition coefficient (Wildman–Crippen LogP) is 1.69. The molecule has 0 aromatic carbocycles. The second kappa shape index (κ2) is 6.83. The molecule has 3 heterocycles. The van der Waals surface area contributed by atoms with Crippen LogP contribution in [0.3, 0.4) is 0 Å². The summed E-state index contributed by atoms with van der Waals surface area (Å²) in [6, 6.07) is 3.47. The van der Waals surface area contributed by atoms with E-state index in [0.29, 0.717) is 17.9 Å². The van der Waals surface area contributed by atoms with Gasteiger partial charge in [0.1, 0.15) is 5.82 Å². The highest BCUT2D eigenvalue weighted by Gasteiger charge is 2.27. The molecule has 0 spiro atoms. The molecule has 1 atom stereocenters. The number of amides is 1. The highest BCUT2D eigenvalue weighted by Crippen LogP contribution is 2.28. The Labute approximate surface area is 135 Å². The number of pyridine rings is 1. The van der Waals surface area contributed by atoms with Gasteiger partial charge in [0, 0.05) is 48.7 Å². The minimum absolute atomic E-state index is 0.0217. The van der Waals surface area contributed by atoms with Gasteiger partial charge in [-0.1, -0.05) is 0 Å². The van der Waals surface area contributed by atoms with Crippen molar-refractivity contribution in [3.63, 3.8) is 0 Å². The molecule has 1 aliphatic heterocycles. The van der Waals surface area contributed by atoms with Gasteiger partial charge in [-0.25, -0.2) is 9.97 Å². The predicted molar refractivity (Wildman–Crippen MR) is 84.8 cm³/mol. The maximum absolute atomic E-state index is 12.6. The van der Waals surface area contributed by atoms with Crippen LogP contribution in [-0.4, -0.2) is 44.0 Å². The van der Waals surface area contributed by atoms with Crippen LogP contribution in [0.2, 0.25) is 0 Å². The zero-order valence-corrected chi connectivity index (χ0v) is 13.1. The van der Waals surface area contributed by atoms with Gasteiger partial charge in [-0.3, -0.25) is 9.78 Å². The van der Waals surface area contributed by atoms with Crippen LogP contribution in [0, 0.1) is 6.92 Å². The van der Waals surface area contributed by atoms with Crippen molar-refractivity contribution in [3.8, 4) is 0 Å². The van der Waals surface area contributed by atoms with E-state index < -0.39 is 0 Å². The topological polar surface area (TPSA) is 79.2 Å². The lowest BCUT2D eigenvalue weighted by atomic mass is 9.91. The molecule has 1 saturated heterocycles. The number of nitrogens with zero attached hydrogens (tertiary/aromatic N) is 4. The average Bonchev–Trinajstić information content (AvgIpc) is 2.62. The summed E-state index contributed by atoms with van der Waals surface area (Å²) >= 11 is 0. The summed E-state index contributed by atoms with van der Waals surface area (Å²) in [5.74, 6) is 0.849. The molecule has 6 heteroatoms. The maximum atomic E-state index is 12.6. The molecular formula is C17H20N4O2. The van der Waals surface area contributed by atoms with Gasteiger partial charge in [0.15, 0.2) is 0 Å². The molecule has 3 rings (SSSR count). The summed E-state index contributed by atoms with van der Waals surface area (Å²) in [5, 5.41) is 9.53. The van der Waals surface area contributed by atoms with Crippen LogP contribution in [0.1, 0.15) is 46.2 Å². The molecule has 2 aromatic heterocycles. The first kappa shape index (κ1) is 15.6. The molecule has 0 aliphatic carbocycles. The number of aromatic nitrogens is 3. The van der Waals surface area contributed by atoms with Crippen LogP contribution in [0.4, 0.5) is 0 Å². The van der Waals surface area contributed by atoms with E-state index in [4.69, 9.17) is 0 Å². The van der Waals surface area contributed by atoms with Crippen molar-refractivity contribution in [2.75, 3.05) is 13.1 Å². The van der Waals surface area contributed by atoms with Gasteiger partial charge in [0.05, 0.1) is 12.3 Å². The minimum Gasteiger partial charge on any atom is -0.392 e. The lowest BCUT2D eigenvalue weighted by molar-refractivity contribution is 0.0705. The molecule has 0 radical (unpaired) electrons. The maximum Gasteiger partial charge on any atom is 0.253 e. The Morgan fingerprint density at radius 3 is 2.91 bits per heavy atom. The summed E-state index contributed by atoms with van der Waals surface area (Å²) < 4.78 is 0. The van der Waals surface area contributed by atoms with Crippen molar-refractivity contribution in [1.82, 2.24) is 19.9 Å². The molecule has 1 amide bonds. The Hall–Kier alpha value is -2.34. The number of hydrogen-bond donors (Lipinski definition) is 1. The van der Waals surface area contributed by atoms with Gasteiger partial charge in [-0.05, 0) is 31.9 Å². The fraction of sp³-hybridized carbons (Fsp3) is 0.412. The molecular weight excluding hydrogens is 292 g/mol. The van der Waals surface area contributed by atoms with E-state index in [2.05, 4.69) is 15.0 Å². The van der Waals surface area contributed by atoms with E-state index >= 15 is 0 Å². The Bertz CT molecular complexity index is 690. The fourth-order valence-electron chi connectivity index (χ4n) is 3.05. The molecule has 1 fully saturated rings. The number of rotatable bonds is 3. The number of hydrogen-bond acceptors (Lipinski definition) is 5. The highest BCUT2D eigenvalue weighted by molar-refractivity contribution is 5.94. The molecule has 1 unspecified atom stereocenters. The smallest absolute Gasteiger partial charge is 0.253 e. The van der Waals surface area contributed by atoms with E-state index in [1.54, 1.807) is 30.7 Å². The van der Waals surface area contributed by atoms with Crippen molar-refractivity contribution in [2.45, 2.75) is 32.3 Å². The molecule has 2 aromatic rings. The largest absolute Gasteiger partial charge is 0.392 e. The van der Waals surface area contributed by atoms with Gasteiger partial charge >= 0.3 is 0 Å². The Balaban J connectivity index is 1.81. The Morgan fingerprint density at radius 2 is 2.17 bits per heavy atom. The van der Waals surface area contributed by atoms with Gasteiger partial charge in [0.25, 0.3) is 5.91 Å². The number of likely N-dealkylation sites (tertiary alicyclic amines) is 1. The van der Waals surface area contributed by atoms with E-state index in [-0.39, 0.29) is 18.4 Å². The highest BCUT2D eigenvalue weighted by atomic mass is 16.3. The SMILES string of the molecule is Cc1ncc(CO)c(C2CCCN(C(=O)c3ccncc3)C2)n1. The van der Waals surface area contributed by atoms with Crippen LogP contribution in [0.5, 0.6) is 0 Å². The molecule has 6 nitrogen and oxygen atoms in total. The monoisotopic (exact) mass is 312 g/mol. The third-order valence-corrected chi connectivity index (χ3v) is 4.21. The molecule has 23 heavy (non-hydrogen) atoms. The molecule has 0 bridgehead atoms. The van der Waals surface area contributed by atoms with E-state index in [9.17, 15) is 9.90 Å². The van der Waals surface area contributed by atoms with Crippen molar-refractivity contribution in [2.24, 2.45) is 0 Å². The standard InChI is InChI=1S/C17H20N4O2/c1-12-19-9-15(11-22)16(20-12)14-3-2-8-21(10-14)17(23)13-4-6-18-7-5-13/h4-7,9,14,22H,2-3,8,10-11H2,1H3. The first-order valence-electron chi connectivity index (χ1n) is 7.81. The first-order chi connectivity index (χ1) is 11.2. The van der Waals surface area contributed by atoms with Crippen LogP contribution in [0.15, 0.2) is 30.7 Å². The van der Waals surface area contributed by atoms with Crippen molar-refractivity contribution >= 4 is 5.91 Å². The summed E-state index contributed by atoms with van der Waals surface area (Å²) in [5.41, 5.74) is 2.27. The zero-order valence-electron chi connectivity index (χ0n) is 13.1. The van der Waals surface area contributed by atoms with Crippen LogP contribution in [-0.2, 0) is 6.61 Å². The molecule has 1 N–H and O–H groups in total. The molecule has 0 saturated carbocycles. The lowest BCUT2D eigenvalue weighted by Gasteiger charge is -2.33. The second-order valence-electron chi connectivity index (χ2n) is 5.81. The third-order valence-electron chi connectivity index (χ3n) is 4.21. The minimum atomic E-state index is -0.0790. The third kappa shape index (κ3) is 3.37. The number of piperidine rings is 1. The molecule has 1 aliphatic rings. The van der Waals surface area contributed by atoms with Gasteiger partial charge < -0.3 is 10.0 Å². The van der Waals surface area contributed by atoms with Gasteiger partial charge in [0.2, 0.25) is 0 Å². The van der Waals surface area contributed by atoms with E-state index in [1.807, 2.05) is 11.8 Å². The van der Waals surface area contributed by atoms with Crippen molar-refractivity contribution < 1.29 is 9.90 Å². The number of aliphatic hydroxyl groups excluding tert-OH is 1. The second-order valence-corrected chi connectivity index (χ2v) is 5.81.